The SMILES string of the molecule is Cn1cc(C(N)C(=O)NCc2cccc(Cl)c2)cn1. The fraction of sp³-hybridized carbons (Fsp3) is 0.231. The number of hydrogen-bond acceptors (Lipinski definition) is 3. The van der Waals surface area contributed by atoms with E-state index in [1.165, 1.54) is 0 Å². The average molecular weight is 279 g/mol. The third kappa shape index (κ3) is 3.56. The summed E-state index contributed by atoms with van der Waals surface area (Å²) in [5.41, 5.74) is 7.47. The molecular weight excluding hydrogens is 264 g/mol. The second kappa shape index (κ2) is 5.86. The Labute approximate surface area is 116 Å². The molecule has 0 saturated heterocycles. The van der Waals surface area contributed by atoms with E-state index < -0.39 is 6.04 Å². The smallest absolute Gasteiger partial charge is 0.241 e. The normalized spacial score (nSPS) is 12.2. The number of carbonyl (C=O) groups is 1. The highest BCUT2D eigenvalue weighted by molar-refractivity contribution is 6.30. The van der Waals surface area contributed by atoms with Crippen molar-refractivity contribution in [3.8, 4) is 0 Å². The molecule has 3 N–H and O–H groups in total. The van der Waals surface area contributed by atoms with Crippen molar-refractivity contribution < 1.29 is 4.79 Å². The Balaban J connectivity index is 1.94. The minimum absolute atomic E-state index is 0.243. The maximum atomic E-state index is 11.9. The number of aryl methyl sites for hydroxylation is 1. The number of nitrogens with zero attached hydrogens (tertiary/aromatic N) is 2. The molecule has 0 saturated carbocycles. The van der Waals surface area contributed by atoms with Gasteiger partial charge in [0.15, 0.2) is 0 Å². The van der Waals surface area contributed by atoms with E-state index in [-0.39, 0.29) is 5.91 Å². The lowest BCUT2D eigenvalue weighted by atomic mass is 10.1. The summed E-state index contributed by atoms with van der Waals surface area (Å²) < 4.78 is 1.61. The molecule has 100 valence electrons. The molecule has 0 aliphatic rings. The van der Waals surface area contributed by atoms with Crippen LogP contribution in [-0.4, -0.2) is 15.7 Å². The third-order valence-electron chi connectivity index (χ3n) is 2.72. The van der Waals surface area contributed by atoms with Crippen LogP contribution in [0.4, 0.5) is 0 Å². The minimum Gasteiger partial charge on any atom is -0.350 e. The monoisotopic (exact) mass is 278 g/mol. The molecule has 1 aromatic heterocycles. The molecule has 0 fully saturated rings. The molecule has 0 aliphatic heterocycles. The summed E-state index contributed by atoms with van der Waals surface area (Å²) in [7, 11) is 1.78. The van der Waals surface area contributed by atoms with Crippen LogP contribution in [0.3, 0.4) is 0 Å². The van der Waals surface area contributed by atoms with Crippen LogP contribution in [-0.2, 0) is 18.4 Å². The molecule has 1 unspecified atom stereocenters. The molecule has 1 amide bonds. The van der Waals surface area contributed by atoms with Crippen LogP contribution in [0.15, 0.2) is 36.7 Å². The van der Waals surface area contributed by atoms with Gasteiger partial charge in [-0.15, -0.1) is 0 Å². The predicted octanol–water partition coefficient (Wildman–Crippen LogP) is 1.39. The second-order valence-corrected chi connectivity index (χ2v) is 4.71. The molecule has 6 heteroatoms. The molecule has 1 heterocycles. The molecule has 2 aromatic rings. The quantitative estimate of drug-likeness (QED) is 0.888. The van der Waals surface area contributed by atoms with E-state index in [9.17, 15) is 4.79 Å². The largest absolute Gasteiger partial charge is 0.350 e. The van der Waals surface area contributed by atoms with E-state index in [1.807, 2.05) is 12.1 Å². The van der Waals surface area contributed by atoms with Gasteiger partial charge in [-0.05, 0) is 17.7 Å². The molecule has 0 radical (unpaired) electrons. The minimum atomic E-state index is -0.715. The van der Waals surface area contributed by atoms with Gasteiger partial charge in [-0.25, -0.2) is 0 Å². The molecule has 5 nitrogen and oxygen atoms in total. The standard InChI is InChI=1S/C13H15ClN4O/c1-18-8-10(7-17-18)12(15)13(19)16-6-9-3-2-4-11(14)5-9/h2-5,7-8,12H,6,15H2,1H3,(H,16,19). The Bertz CT molecular complexity index is 582. The predicted molar refractivity (Wildman–Crippen MR) is 73.4 cm³/mol. The molecule has 0 spiro atoms. The number of nitrogens with two attached hydrogens (primary N) is 1. The van der Waals surface area contributed by atoms with Gasteiger partial charge in [0.05, 0.1) is 6.20 Å². The topological polar surface area (TPSA) is 72.9 Å². The van der Waals surface area contributed by atoms with Crippen LogP contribution in [0.5, 0.6) is 0 Å². The van der Waals surface area contributed by atoms with Crippen LogP contribution in [0.2, 0.25) is 5.02 Å². The summed E-state index contributed by atoms with van der Waals surface area (Å²) >= 11 is 5.87. The van der Waals surface area contributed by atoms with Gasteiger partial charge in [0.25, 0.3) is 0 Å². The van der Waals surface area contributed by atoms with Gasteiger partial charge >= 0.3 is 0 Å². The molecular formula is C13H15ClN4O. The number of rotatable bonds is 4. The van der Waals surface area contributed by atoms with E-state index in [2.05, 4.69) is 10.4 Å². The first-order chi connectivity index (χ1) is 9.06. The van der Waals surface area contributed by atoms with E-state index in [4.69, 9.17) is 17.3 Å². The summed E-state index contributed by atoms with van der Waals surface area (Å²) in [6, 6.07) is 6.60. The van der Waals surface area contributed by atoms with Crippen molar-refractivity contribution in [2.75, 3.05) is 0 Å². The van der Waals surface area contributed by atoms with E-state index in [0.717, 1.165) is 5.56 Å². The number of amides is 1. The Morgan fingerprint density at radius 3 is 3.00 bits per heavy atom. The fourth-order valence-corrected chi connectivity index (χ4v) is 1.91. The highest BCUT2D eigenvalue weighted by atomic mass is 35.5. The highest BCUT2D eigenvalue weighted by Crippen LogP contribution is 2.12. The van der Waals surface area contributed by atoms with E-state index in [0.29, 0.717) is 17.1 Å². The van der Waals surface area contributed by atoms with Gasteiger partial charge < -0.3 is 11.1 Å². The first kappa shape index (κ1) is 13.6. The Hall–Kier alpha value is -1.85. The average Bonchev–Trinajstić information content (AvgIpc) is 2.82. The maximum absolute atomic E-state index is 11.9. The summed E-state index contributed by atoms with van der Waals surface area (Å²) in [6.45, 7) is 0.396. The molecule has 2 rings (SSSR count). The van der Waals surface area contributed by atoms with E-state index in [1.54, 1.807) is 36.3 Å². The van der Waals surface area contributed by atoms with Crippen molar-refractivity contribution in [1.29, 1.82) is 0 Å². The number of carbonyl (C=O) groups excluding carboxylic acids is 1. The van der Waals surface area contributed by atoms with Gasteiger partial charge in [-0.1, -0.05) is 23.7 Å². The van der Waals surface area contributed by atoms with Crippen molar-refractivity contribution in [3.05, 3.63) is 52.8 Å². The summed E-state index contributed by atoms with van der Waals surface area (Å²) in [5.74, 6) is -0.243. The Morgan fingerprint density at radius 2 is 2.37 bits per heavy atom. The Morgan fingerprint density at radius 1 is 1.58 bits per heavy atom. The fourth-order valence-electron chi connectivity index (χ4n) is 1.70. The maximum Gasteiger partial charge on any atom is 0.241 e. The van der Waals surface area contributed by atoms with Crippen molar-refractivity contribution in [2.24, 2.45) is 12.8 Å². The number of benzene rings is 1. The number of nitrogens with one attached hydrogen (secondary N) is 1. The highest BCUT2D eigenvalue weighted by Gasteiger charge is 2.16. The molecule has 0 aliphatic carbocycles. The van der Waals surface area contributed by atoms with Crippen molar-refractivity contribution >= 4 is 17.5 Å². The molecule has 1 aromatic carbocycles. The first-order valence-corrected chi connectivity index (χ1v) is 6.20. The van der Waals surface area contributed by atoms with Crippen LogP contribution in [0.25, 0.3) is 0 Å². The number of hydrogen-bond donors (Lipinski definition) is 2. The molecule has 0 bridgehead atoms. The zero-order valence-electron chi connectivity index (χ0n) is 10.5. The first-order valence-electron chi connectivity index (χ1n) is 5.82. The van der Waals surface area contributed by atoms with Crippen molar-refractivity contribution in [1.82, 2.24) is 15.1 Å². The van der Waals surface area contributed by atoms with Crippen LogP contribution in [0, 0.1) is 0 Å². The lowest BCUT2D eigenvalue weighted by Gasteiger charge is -2.10. The lowest BCUT2D eigenvalue weighted by molar-refractivity contribution is -0.122. The van der Waals surface area contributed by atoms with Crippen LogP contribution < -0.4 is 11.1 Å². The number of halogens is 1. The molecule has 19 heavy (non-hydrogen) atoms. The van der Waals surface area contributed by atoms with Crippen LogP contribution >= 0.6 is 11.6 Å². The van der Waals surface area contributed by atoms with Crippen molar-refractivity contribution in [3.63, 3.8) is 0 Å². The zero-order chi connectivity index (χ0) is 13.8. The van der Waals surface area contributed by atoms with Crippen LogP contribution in [0.1, 0.15) is 17.2 Å². The Kier molecular flexibility index (Phi) is 4.19. The zero-order valence-corrected chi connectivity index (χ0v) is 11.3. The van der Waals surface area contributed by atoms with Gasteiger partial charge in [0, 0.05) is 30.4 Å². The third-order valence-corrected chi connectivity index (χ3v) is 2.96. The van der Waals surface area contributed by atoms with Gasteiger partial charge in [-0.2, -0.15) is 5.10 Å². The molecule has 1 atom stereocenters. The second-order valence-electron chi connectivity index (χ2n) is 4.27. The summed E-state index contributed by atoms with van der Waals surface area (Å²) in [6.07, 6.45) is 3.31. The summed E-state index contributed by atoms with van der Waals surface area (Å²) in [4.78, 5) is 11.9. The lowest BCUT2D eigenvalue weighted by Crippen LogP contribution is -2.33. The van der Waals surface area contributed by atoms with Gasteiger partial charge in [-0.3, -0.25) is 9.48 Å². The number of aromatic nitrogens is 2. The van der Waals surface area contributed by atoms with E-state index >= 15 is 0 Å². The van der Waals surface area contributed by atoms with Gasteiger partial charge in [0.1, 0.15) is 6.04 Å². The summed E-state index contributed by atoms with van der Waals surface area (Å²) in [5, 5.41) is 7.41. The van der Waals surface area contributed by atoms with Gasteiger partial charge in [0.2, 0.25) is 5.91 Å². The van der Waals surface area contributed by atoms with Crippen molar-refractivity contribution in [2.45, 2.75) is 12.6 Å².